The summed E-state index contributed by atoms with van der Waals surface area (Å²) in [4.78, 5) is -0.815. The summed E-state index contributed by atoms with van der Waals surface area (Å²) < 4.78 is 72.4. The molecular formula is C43H32O6S2. The first-order chi connectivity index (χ1) is 24.6. The van der Waals surface area contributed by atoms with E-state index in [0.717, 1.165) is 16.7 Å². The lowest BCUT2D eigenvalue weighted by Gasteiger charge is -2.26. The van der Waals surface area contributed by atoms with Gasteiger partial charge in [0.2, 0.25) is 0 Å². The molecule has 0 atom stereocenters. The SMILES string of the molecule is Cc1c(-c2ccccc2)c(-c2ccccc2)c(S(=O)(=O)Oc2ccc(-c3ccccc3)cc2S(=O)(=O)O)c(-c2ccccc2)c1-c1ccccc1. The Morgan fingerprint density at radius 1 is 0.431 bits per heavy atom. The molecule has 0 saturated heterocycles. The summed E-state index contributed by atoms with van der Waals surface area (Å²) in [7, 11) is -9.83. The predicted octanol–water partition coefficient (Wildman–Crippen LogP) is 10.3. The fraction of sp³-hybridized carbons (Fsp3) is 0.0233. The van der Waals surface area contributed by atoms with E-state index in [1.807, 2.05) is 134 Å². The molecule has 1 N–H and O–H groups in total. The highest BCUT2D eigenvalue weighted by molar-refractivity contribution is 7.87. The van der Waals surface area contributed by atoms with Crippen LogP contribution < -0.4 is 4.18 Å². The van der Waals surface area contributed by atoms with E-state index >= 15 is 8.42 Å². The van der Waals surface area contributed by atoms with Crippen LogP contribution in [0.2, 0.25) is 0 Å². The van der Waals surface area contributed by atoms with E-state index in [1.165, 1.54) is 12.1 Å². The molecule has 8 heteroatoms. The maximum atomic E-state index is 15.2. The second kappa shape index (κ2) is 13.8. The Labute approximate surface area is 298 Å². The highest BCUT2D eigenvalue weighted by Gasteiger charge is 2.35. The lowest BCUT2D eigenvalue weighted by Crippen LogP contribution is -2.16. The van der Waals surface area contributed by atoms with Crippen molar-refractivity contribution >= 4 is 20.2 Å². The fourth-order valence-corrected chi connectivity index (χ4v) is 8.64. The van der Waals surface area contributed by atoms with Gasteiger partial charge in [0, 0.05) is 11.1 Å². The van der Waals surface area contributed by atoms with Gasteiger partial charge in [0.1, 0.15) is 9.79 Å². The lowest BCUT2D eigenvalue weighted by molar-refractivity contribution is 0.464. The van der Waals surface area contributed by atoms with Gasteiger partial charge < -0.3 is 4.18 Å². The van der Waals surface area contributed by atoms with Gasteiger partial charge in [-0.15, -0.1) is 0 Å². The third-order valence-electron chi connectivity index (χ3n) is 8.73. The molecular weight excluding hydrogens is 677 g/mol. The summed E-state index contributed by atoms with van der Waals surface area (Å²) in [6.07, 6.45) is 0. The molecule has 0 fully saturated rings. The number of benzene rings is 7. The molecule has 0 aliphatic rings. The van der Waals surface area contributed by atoms with Crippen molar-refractivity contribution in [1.82, 2.24) is 0 Å². The van der Waals surface area contributed by atoms with Crippen LogP contribution in [0.25, 0.3) is 55.6 Å². The van der Waals surface area contributed by atoms with Crippen molar-refractivity contribution < 1.29 is 25.6 Å². The van der Waals surface area contributed by atoms with E-state index in [9.17, 15) is 13.0 Å². The van der Waals surface area contributed by atoms with Gasteiger partial charge in [-0.25, -0.2) is 0 Å². The Balaban J connectivity index is 1.61. The molecule has 0 heterocycles. The Morgan fingerprint density at radius 3 is 1.16 bits per heavy atom. The highest BCUT2D eigenvalue weighted by atomic mass is 32.2. The zero-order valence-corrected chi connectivity index (χ0v) is 29.1. The van der Waals surface area contributed by atoms with Gasteiger partial charge in [0.15, 0.2) is 5.75 Å². The second-order valence-corrected chi connectivity index (χ2v) is 14.8. The summed E-state index contributed by atoms with van der Waals surface area (Å²) >= 11 is 0. The molecule has 6 nitrogen and oxygen atoms in total. The second-order valence-electron chi connectivity index (χ2n) is 12.0. The average molecular weight is 709 g/mol. The zero-order valence-electron chi connectivity index (χ0n) is 27.5. The van der Waals surface area contributed by atoms with Crippen LogP contribution in [0.15, 0.2) is 180 Å². The van der Waals surface area contributed by atoms with E-state index in [1.54, 1.807) is 30.3 Å². The summed E-state index contributed by atoms with van der Waals surface area (Å²) in [5.41, 5.74) is 6.92. The van der Waals surface area contributed by atoms with E-state index < -0.39 is 30.9 Å². The third kappa shape index (κ3) is 6.72. The van der Waals surface area contributed by atoms with E-state index in [2.05, 4.69) is 0 Å². The van der Waals surface area contributed by atoms with Gasteiger partial charge in [0.05, 0.1) is 0 Å². The first kappa shape index (κ1) is 33.7. The molecule has 0 aromatic heterocycles. The molecule has 252 valence electrons. The van der Waals surface area contributed by atoms with Crippen LogP contribution in [0.4, 0.5) is 0 Å². The van der Waals surface area contributed by atoms with Crippen LogP contribution in [-0.2, 0) is 20.2 Å². The highest BCUT2D eigenvalue weighted by Crippen LogP contribution is 2.51. The minimum atomic E-state index is -4.94. The first-order valence-corrected chi connectivity index (χ1v) is 19.0. The maximum Gasteiger partial charge on any atom is 0.340 e. The van der Waals surface area contributed by atoms with Gasteiger partial charge in [-0.3, -0.25) is 4.55 Å². The summed E-state index contributed by atoms with van der Waals surface area (Å²) in [5.74, 6) is -0.529. The standard InChI is InChI=1S/C43H32O6S2/c1-30-39(32-19-9-3-10-20-32)41(34-23-13-5-14-24-34)43(42(35-25-15-6-16-26-35)40(30)33-21-11-4-12-22-33)51(47,48)49-37-28-27-36(29-38(37)50(44,45)46)31-17-7-2-8-18-31/h2-29H,1H3,(H,44,45,46). The van der Waals surface area contributed by atoms with Crippen molar-refractivity contribution in [1.29, 1.82) is 0 Å². The van der Waals surface area contributed by atoms with E-state index in [4.69, 9.17) is 4.18 Å². The smallest absolute Gasteiger partial charge is 0.340 e. The molecule has 7 aromatic carbocycles. The maximum absolute atomic E-state index is 15.2. The zero-order chi connectivity index (χ0) is 35.6. The van der Waals surface area contributed by atoms with Crippen molar-refractivity contribution in [3.05, 3.63) is 175 Å². The Bertz CT molecular complexity index is 2450. The summed E-state index contributed by atoms with van der Waals surface area (Å²) in [6, 6.07) is 50.5. The Morgan fingerprint density at radius 2 is 0.784 bits per heavy atom. The molecule has 0 spiro atoms. The van der Waals surface area contributed by atoms with Gasteiger partial charge >= 0.3 is 10.1 Å². The topological polar surface area (TPSA) is 97.7 Å². The van der Waals surface area contributed by atoms with Crippen LogP contribution in [0.1, 0.15) is 5.56 Å². The average Bonchev–Trinajstić information content (AvgIpc) is 3.15. The minimum absolute atomic E-state index is 0.142. The largest absolute Gasteiger partial charge is 0.377 e. The Hall–Kier alpha value is -5.80. The molecule has 7 rings (SSSR count). The van der Waals surface area contributed by atoms with Gasteiger partial charge in [-0.2, -0.15) is 16.8 Å². The molecule has 0 aliphatic carbocycles. The van der Waals surface area contributed by atoms with Crippen LogP contribution in [0.5, 0.6) is 5.75 Å². The van der Waals surface area contributed by atoms with Gasteiger partial charge in [0.25, 0.3) is 10.1 Å². The molecule has 0 radical (unpaired) electrons. The number of hydrogen-bond donors (Lipinski definition) is 1. The van der Waals surface area contributed by atoms with Crippen LogP contribution in [0, 0.1) is 6.92 Å². The molecule has 0 aliphatic heterocycles. The molecule has 0 unspecified atom stereocenters. The predicted molar refractivity (Wildman–Crippen MR) is 202 cm³/mol. The molecule has 0 amide bonds. The van der Waals surface area contributed by atoms with Crippen molar-refractivity contribution in [3.63, 3.8) is 0 Å². The third-order valence-corrected chi connectivity index (χ3v) is 10.9. The van der Waals surface area contributed by atoms with Crippen molar-refractivity contribution in [3.8, 4) is 61.4 Å². The fourth-order valence-electron chi connectivity index (χ4n) is 6.54. The van der Waals surface area contributed by atoms with Crippen LogP contribution in [0.3, 0.4) is 0 Å². The minimum Gasteiger partial charge on any atom is -0.377 e. The Kier molecular flexibility index (Phi) is 9.14. The quantitative estimate of drug-likeness (QED) is 0.118. The monoisotopic (exact) mass is 708 g/mol. The first-order valence-electron chi connectivity index (χ1n) is 16.2. The van der Waals surface area contributed by atoms with Crippen LogP contribution in [-0.4, -0.2) is 21.4 Å². The molecule has 0 saturated carbocycles. The van der Waals surface area contributed by atoms with E-state index in [0.29, 0.717) is 44.5 Å². The normalized spacial score (nSPS) is 11.6. The van der Waals surface area contributed by atoms with Gasteiger partial charge in [-0.05, 0) is 69.1 Å². The van der Waals surface area contributed by atoms with Crippen molar-refractivity contribution in [2.24, 2.45) is 0 Å². The lowest BCUT2D eigenvalue weighted by atomic mass is 9.81. The molecule has 7 aromatic rings. The summed E-state index contributed by atoms with van der Waals surface area (Å²) in [6.45, 7) is 1.99. The van der Waals surface area contributed by atoms with Crippen LogP contribution >= 0.6 is 0 Å². The summed E-state index contributed by atoms with van der Waals surface area (Å²) in [5, 5.41) is 0. The van der Waals surface area contributed by atoms with E-state index in [-0.39, 0.29) is 4.90 Å². The molecule has 51 heavy (non-hydrogen) atoms. The van der Waals surface area contributed by atoms with Crippen molar-refractivity contribution in [2.45, 2.75) is 16.7 Å². The van der Waals surface area contributed by atoms with Gasteiger partial charge in [-0.1, -0.05) is 158 Å². The number of rotatable bonds is 9. The molecule has 0 bridgehead atoms. The van der Waals surface area contributed by atoms with Crippen molar-refractivity contribution in [2.75, 3.05) is 0 Å². The number of hydrogen-bond acceptors (Lipinski definition) is 5.